The molecule has 3 rings (SSSR count). The SMILES string of the molecule is Cc1cccc2c1OCC=C2C1(O)CCC1. The molecule has 0 bridgehead atoms. The Morgan fingerprint density at radius 3 is 2.81 bits per heavy atom. The number of benzene rings is 1. The third-order valence-corrected chi connectivity index (χ3v) is 3.70. The summed E-state index contributed by atoms with van der Waals surface area (Å²) in [6, 6.07) is 6.12. The van der Waals surface area contributed by atoms with Gasteiger partial charge in [-0.3, -0.25) is 0 Å². The van der Waals surface area contributed by atoms with Crippen LogP contribution < -0.4 is 4.74 Å². The summed E-state index contributed by atoms with van der Waals surface area (Å²) >= 11 is 0. The second kappa shape index (κ2) is 3.36. The highest BCUT2D eigenvalue weighted by molar-refractivity contribution is 5.79. The van der Waals surface area contributed by atoms with E-state index in [1.807, 2.05) is 31.2 Å². The summed E-state index contributed by atoms with van der Waals surface area (Å²) < 4.78 is 5.66. The van der Waals surface area contributed by atoms with Gasteiger partial charge in [0.2, 0.25) is 0 Å². The molecule has 2 heteroatoms. The average molecular weight is 216 g/mol. The Kier molecular flexibility index (Phi) is 2.08. The van der Waals surface area contributed by atoms with Crippen molar-refractivity contribution in [1.82, 2.24) is 0 Å². The lowest BCUT2D eigenvalue weighted by molar-refractivity contribution is 0.0234. The van der Waals surface area contributed by atoms with Crippen LogP contribution in [-0.2, 0) is 0 Å². The van der Waals surface area contributed by atoms with E-state index in [2.05, 4.69) is 0 Å². The van der Waals surface area contributed by atoms with Crippen LogP contribution in [0.4, 0.5) is 0 Å². The van der Waals surface area contributed by atoms with Crippen molar-refractivity contribution in [2.45, 2.75) is 31.8 Å². The summed E-state index contributed by atoms with van der Waals surface area (Å²) in [5.74, 6) is 0.945. The Morgan fingerprint density at radius 2 is 2.12 bits per heavy atom. The first-order valence-corrected chi connectivity index (χ1v) is 5.86. The molecule has 0 radical (unpaired) electrons. The summed E-state index contributed by atoms with van der Waals surface area (Å²) in [6.07, 6.45) is 4.91. The summed E-state index contributed by atoms with van der Waals surface area (Å²) in [4.78, 5) is 0. The van der Waals surface area contributed by atoms with Gasteiger partial charge in [0.15, 0.2) is 0 Å². The number of aryl methyl sites for hydroxylation is 1. The van der Waals surface area contributed by atoms with Gasteiger partial charge in [0.05, 0.1) is 5.60 Å². The maximum atomic E-state index is 10.4. The summed E-state index contributed by atoms with van der Waals surface area (Å²) in [7, 11) is 0. The lowest BCUT2D eigenvalue weighted by Gasteiger charge is -2.40. The van der Waals surface area contributed by atoms with Crippen molar-refractivity contribution in [3.8, 4) is 5.75 Å². The van der Waals surface area contributed by atoms with E-state index in [0.29, 0.717) is 6.61 Å². The second-order valence-electron chi connectivity index (χ2n) is 4.77. The van der Waals surface area contributed by atoms with Crippen LogP contribution in [0.2, 0.25) is 0 Å². The minimum atomic E-state index is -0.591. The van der Waals surface area contributed by atoms with Crippen molar-refractivity contribution >= 4 is 5.57 Å². The smallest absolute Gasteiger partial charge is 0.130 e. The Bertz CT molecular complexity index is 456. The normalized spacial score (nSPS) is 21.5. The largest absolute Gasteiger partial charge is 0.489 e. The van der Waals surface area contributed by atoms with Gasteiger partial charge in [-0.1, -0.05) is 18.2 Å². The molecule has 1 aromatic rings. The van der Waals surface area contributed by atoms with Gasteiger partial charge < -0.3 is 9.84 Å². The molecule has 1 N–H and O–H groups in total. The van der Waals surface area contributed by atoms with Gasteiger partial charge in [-0.05, 0) is 43.4 Å². The lowest BCUT2D eigenvalue weighted by Crippen LogP contribution is -2.39. The van der Waals surface area contributed by atoms with E-state index in [-0.39, 0.29) is 0 Å². The molecule has 1 aliphatic heterocycles. The van der Waals surface area contributed by atoms with Crippen molar-refractivity contribution < 1.29 is 9.84 Å². The molecule has 0 amide bonds. The highest BCUT2D eigenvalue weighted by Crippen LogP contribution is 2.47. The number of hydrogen-bond acceptors (Lipinski definition) is 2. The first kappa shape index (κ1) is 9.91. The molecule has 0 spiro atoms. The van der Waals surface area contributed by atoms with Gasteiger partial charge in [-0.25, -0.2) is 0 Å². The van der Waals surface area contributed by atoms with Crippen LogP contribution in [0, 0.1) is 6.92 Å². The van der Waals surface area contributed by atoms with Gasteiger partial charge in [-0.2, -0.15) is 0 Å². The molecule has 16 heavy (non-hydrogen) atoms. The third kappa shape index (κ3) is 1.30. The molecule has 1 aliphatic carbocycles. The monoisotopic (exact) mass is 216 g/mol. The molecule has 1 fully saturated rings. The topological polar surface area (TPSA) is 29.5 Å². The van der Waals surface area contributed by atoms with E-state index in [0.717, 1.165) is 41.7 Å². The molecule has 0 unspecified atom stereocenters. The van der Waals surface area contributed by atoms with Crippen molar-refractivity contribution in [2.75, 3.05) is 6.61 Å². The zero-order chi connectivity index (χ0) is 11.2. The number of para-hydroxylation sites is 1. The summed E-state index contributed by atoms with van der Waals surface area (Å²) in [5, 5.41) is 10.4. The number of hydrogen-bond donors (Lipinski definition) is 1. The first-order chi connectivity index (χ1) is 7.71. The fourth-order valence-electron chi connectivity index (χ4n) is 2.60. The van der Waals surface area contributed by atoms with Crippen LogP contribution >= 0.6 is 0 Å². The first-order valence-electron chi connectivity index (χ1n) is 5.86. The number of fused-ring (bicyclic) bond motifs is 1. The molecule has 1 aromatic carbocycles. The van der Waals surface area contributed by atoms with Gasteiger partial charge >= 0.3 is 0 Å². The maximum absolute atomic E-state index is 10.4. The fourth-order valence-corrected chi connectivity index (χ4v) is 2.60. The van der Waals surface area contributed by atoms with Crippen LogP contribution in [-0.4, -0.2) is 17.3 Å². The number of aliphatic hydroxyl groups is 1. The zero-order valence-electron chi connectivity index (χ0n) is 9.49. The van der Waals surface area contributed by atoms with Gasteiger partial charge in [0.1, 0.15) is 12.4 Å². The fraction of sp³-hybridized carbons (Fsp3) is 0.429. The van der Waals surface area contributed by atoms with E-state index in [1.54, 1.807) is 0 Å². The maximum Gasteiger partial charge on any atom is 0.130 e. The molecule has 1 heterocycles. The van der Waals surface area contributed by atoms with Crippen LogP contribution in [0.5, 0.6) is 5.75 Å². The minimum absolute atomic E-state index is 0.579. The molecule has 2 nitrogen and oxygen atoms in total. The second-order valence-corrected chi connectivity index (χ2v) is 4.77. The molecule has 1 saturated carbocycles. The predicted molar refractivity (Wildman–Crippen MR) is 63.5 cm³/mol. The highest BCUT2D eigenvalue weighted by Gasteiger charge is 2.40. The van der Waals surface area contributed by atoms with E-state index in [1.165, 1.54) is 0 Å². The standard InChI is InChI=1S/C14H16O2/c1-10-4-2-5-11-12(6-9-16-13(10)11)14(15)7-3-8-14/h2,4-6,15H,3,7-9H2,1H3. The van der Waals surface area contributed by atoms with E-state index < -0.39 is 5.60 Å². The van der Waals surface area contributed by atoms with Gasteiger partial charge in [0.25, 0.3) is 0 Å². The average Bonchev–Trinajstić information content (AvgIpc) is 2.26. The van der Waals surface area contributed by atoms with E-state index in [4.69, 9.17) is 4.74 Å². The van der Waals surface area contributed by atoms with Crippen LogP contribution in [0.1, 0.15) is 30.4 Å². The zero-order valence-corrected chi connectivity index (χ0v) is 9.49. The Morgan fingerprint density at radius 1 is 1.31 bits per heavy atom. The third-order valence-electron chi connectivity index (χ3n) is 3.70. The number of ether oxygens (including phenoxy) is 1. The van der Waals surface area contributed by atoms with Crippen molar-refractivity contribution in [3.63, 3.8) is 0 Å². The summed E-state index contributed by atoms with van der Waals surface area (Å²) in [5.41, 5.74) is 2.70. The minimum Gasteiger partial charge on any atom is -0.489 e. The van der Waals surface area contributed by atoms with Gasteiger partial charge in [-0.15, -0.1) is 0 Å². The Hall–Kier alpha value is -1.28. The van der Waals surface area contributed by atoms with Crippen molar-refractivity contribution in [1.29, 1.82) is 0 Å². The lowest BCUT2D eigenvalue weighted by atomic mass is 9.71. The molecule has 0 aromatic heterocycles. The molecule has 0 atom stereocenters. The van der Waals surface area contributed by atoms with Crippen LogP contribution in [0.15, 0.2) is 24.3 Å². The molecular formula is C14H16O2. The van der Waals surface area contributed by atoms with Crippen LogP contribution in [0.3, 0.4) is 0 Å². The Balaban J connectivity index is 2.10. The quantitative estimate of drug-likeness (QED) is 0.782. The highest BCUT2D eigenvalue weighted by atomic mass is 16.5. The van der Waals surface area contributed by atoms with Crippen LogP contribution in [0.25, 0.3) is 5.57 Å². The van der Waals surface area contributed by atoms with E-state index in [9.17, 15) is 5.11 Å². The van der Waals surface area contributed by atoms with Crippen molar-refractivity contribution in [2.24, 2.45) is 0 Å². The van der Waals surface area contributed by atoms with E-state index >= 15 is 0 Å². The molecular weight excluding hydrogens is 200 g/mol. The predicted octanol–water partition coefficient (Wildman–Crippen LogP) is 2.69. The molecule has 0 saturated heterocycles. The van der Waals surface area contributed by atoms with Crippen molar-refractivity contribution in [3.05, 3.63) is 35.4 Å². The molecule has 2 aliphatic rings. The molecule has 84 valence electrons. The van der Waals surface area contributed by atoms with Gasteiger partial charge in [0, 0.05) is 5.56 Å². The number of rotatable bonds is 1. The summed E-state index contributed by atoms with van der Waals surface area (Å²) in [6.45, 7) is 2.63. The Labute approximate surface area is 95.6 Å².